The molecule has 0 aliphatic heterocycles. The fourth-order valence-corrected chi connectivity index (χ4v) is 2.56. The largest absolute Gasteiger partial charge is 0.361 e. The van der Waals surface area contributed by atoms with Crippen LogP contribution in [0.1, 0.15) is 5.56 Å². The minimum atomic E-state index is -0.498. The third kappa shape index (κ3) is 5.07. The van der Waals surface area contributed by atoms with Gasteiger partial charge in [-0.3, -0.25) is 19.5 Å². The molecule has 9 nitrogen and oxygen atoms in total. The molecule has 0 amide bonds. The SMILES string of the molecule is O=[N+]([O-])c1cnn(CCNC(=S)Nc2cnn(Cc3ccccc3F)c2)c1. The summed E-state index contributed by atoms with van der Waals surface area (Å²) in [6, 6.07) is 6.52. The van der Waals surface area contributed by atoms with Crippen molar-refractivity contribution in [2.45, 2.75) is 13.1 Å². The van der Waals surface area contributed by atoms with Crippen molar-refractivity contribution in [3.63, 3.8) is 0 Å². The second kappa shape index (κ2) is 8.36. The van der Waals surface area contributed by atoms with Gasteiger partial charge in [0.15, 0.2) is 5.11 Å². The molecule has 0 radical (unpaired) electrons. The highest BCUT2D eigenvalue weighted by Gasteiger charge is 2.08. The molecule has 0 aliphatic rings. The van der Waals surface area contributed by atoms with E-state index in [1.807, 2.05) is 0 Å². The maximum atomic E-state index is 13.7. The molecule has 3 rings (SSSR count). The Kier molecular flexibility index (Phi) is 5.71. The summed E-state index contributed by atoms with van der Waals surface area (Å²) >= 11 is 5.20. The van der Waals surface area contributed by atoms with Crippen LogP contribution >= 0.6 is 12.2 Å². The monoisotopic (exact) mass is 389 g/mol. The Morgan fingerprint density at radius 1 is 1.22 bits per heavy atom. The van der Waals surface area contributed by atoms with Crippen LogP contribution in [0.4, 0.5) is 15.8 Å². The van der Waals surface area contributed by atoms with Crippen LogP contribution in [-0.2, 0) is 13.1 Å². The van der Waals surface area contributed by atoms with Crippen LogP contribution in [0.5, 0.6) is 0 Å². The van der Waals surface area contributed by atoms with E-state index in [1.54, 1.807) is 35.3 Å². The van der Waals surface area contributed by atoms with Gasteiger partial charge in [-0.05, 0) is 18.3 Å². The lowest BCUT2D eigenvalue weighted by Gasteiger charge is -2.08. The van der Waals surface area contributed by atoms with Gasteiger partial charge in [-0.15, -0.1) is 0 Å². The Morgan fingerprint density at radius 2 is 2.00 bits per heavy atom. The summed E-state index contributed by atoms with van der Waals surface area (Å²) in [7, 11) is 0. The lowest BCUT2D eigenvalue weighted by molar-refractivity contribution is -0.385. The van der Waals surface area contributed by atoms with Gasteiger partial charge in [0.1, 0.15) is 18.2 Å². The molecule has 0 bridgehead atoms. The fraction of sp³-hybridized carbons (Fsp3) is 0.188. The Labute approximate surface area is 158 Å². The van der Waals surface area contributed by atoms with Crippen LogP contribution < -0.4 is 10.6 Å². The lowest BCUT2D eigenvalue weighted by Crippen LogP contribution is -2.31. The standard InChI is InChI=1S/C16H16FN7O2S/c17-15-4-2-1-3-12(15)9-23-10-13(7-19-23)21-16(27)18-5-6-22-11-14(8-20-22)24(25)26/h1-4,7-8,10-11H,5-6,9H2,(H2,18,21,27). The topological polar surface area (TPSA) is 103 Å². The first-order valence-corrected chi connectivity index (χ1v) is 8.39. The summed E-state index contributed by atoms with van der Waals surface area (Å²) in [6.07, 6.45) is 5.86. The molecule has 0 spiro atoms. The molecule has 0 atom stereocenters. The molecule has 2 N–H and O–H groups in total. The Bertz CT molecular complexity index is 956. The van der Waals surface area contributed by atoms with E-state index in [-0.39, 0.29) is 11.5 Å². The van der Waals surface area contributed by atoms with Gasteiger partial charge in [0.05, 0.1) is 29.9 Å². The van der Waals surface area contributed by atoms with Crippen molar-refractivity contribution in [2.24, 2.45) is 0 Å². The second-order valence-electron chi connectivity index (χ2n) is 5.62. The number of halogens is 1. The van der Waals surface area contributed by atoms with Crippen LogP contribution in [0.2, 0.25) is 0 Å². The number of nitro groups is 1. The average molecular weight is 389 g/mol. The summed E-state index contributed by atoms with van der Waals surface area (Å²) < 4.78 is 16.7. The van der Waals surface area contributed by atoms with Crippen LogP contribution in [-0.4, -0.2) is 36.1 Å². The summed E-state index contributed by atoms with van der Waals surface area (Å²) in [6.45, 7) is 1.17. The zero-order valence-electron chi connectivity index (χ0n) is 14.1. The van der Waals surface area contributed by atoms with Crippen molar-refractivity contribution in [3.8, 4) is 0 Å². The number of nitrogens with one attached hydrogen (secondary N) is 2. The molecule has 0 saturated carbocycles. The van der Waals surface area contributed by atoms with Crippen molar-refractivity contribution >= 4 is 28.7 Å². The third-order valence-corrected chi connectivity index (χ3v) is 3.88. The number of hydrogen-bond donors (Lipinski definition) is 2. The predicted octanol–water partition coefficient (Wildman–Crippen LogP) is 2.16. The maximum absolute atomic E-state index is 13.7. The van der Waals surface area contributed by atoms with E-state index in [9.17, 15) is 14.5 Å². The van der Waals surface area contributed by atoms with Gasteiger partial charge in [0.2, 0.25) is 0 Å². The Balaban J connectivity index is 1.46. The zero-order valence-corrected chi connectivity index (χ0v) is 14.9. The van der Waals surface area contributed by atoms with Crippen molar-refractivity contribution in [2.75, 3.05) is 11.9 Å². The molecule has 0 fully saturated rings. The minimum absolute atomic E-state index is 0.0574. The van der Waals surface area contributed by atoms with E-state index in [0.717, 1.165) is 0 Å². The summed E-state index contributed by atoms with van der Waals surface area (Å²) in [5.74, 6) is -0.279. The number of nitrogens with zero attached hydrogens (tertiary/aromatic N) is 5. The van der Waals surface area contributed by atoms with E-state index in [4.69, 9.17) is 12.2 Å². The first-order valence-electron chi connectivity index (χ1n) is 7.99. The Hall–Kier alpha value is -3.34. The van der Waals surface area contributed by atoms with Gasteiger partial charge in [0.25, 0.3) is 0 Å². The van der Waals surface area contributed by atoms with Crippen molar-refractivity contribution in [1.82, 2.24) is 24.9 Å². The van der Waals surface area contributed by atoms with E-state index in [1.165, 1.54) is 23.1 Å². The van der Waals surface area contributed by atoms with Gasteiger partial charge >= 0.3 is 5.69 Å². The number of anilines is 1. The number of hydrogen-bond acceptors (Lipinski definition) is 5. The molecular weight excluding hydrogens is 373 g/mol. The molecular formula is C16H16FN7O2S. The molecule has 0 aliphatic carbocycles. The normalized spacial score (nSPS) is 10.6. The highest BCUT2D eigenvalue weighted by atomic mass is 32.1. The number of thiocarbonyl (C=S) groups is 1. The smallest absolute Gasteiger partial charge is 0.306 e. The fourth-order valence-electron chi connectivity index (χ4n) is 2.34. The molecule has 140 valence electrons. The van der Waals surface area contributed by atoms with Crippen LogP contribution in [0, 0.1) is 15.9 Å². The summed E-state index contributed by atoms with van der Waals surface area (Å²) in [4.78, 5) is 10.1. The van der Waals surface area contributed by atoms with Crippen molar-refractivity contribution in [3.05, 3.63) is 70.5 Å². The van der Waals surface area contributed by atoms with E-state index >= 15 is 0 Å². The summed E-state index contributed by atoms with van der Waals surface area (Å²) in [5, 5.41) is 25.0. The quantitative estimate of drug-likeness (QED) is 0.363. The van der Waals surface area contributed by atoms with Crippen molar-refractivity contribution in [1.29, 1.82) is 0 Å². The van der Waals surface area contributed by atoms with Crippen molar-refractivity contribution < 1.29 is 9.31 Å². The average Bonchev–Trinajstić information content (AvgIpc) is 3.27. The number of aromatic nitrogens is 4. The van der Waals surface area contributed by atoms with Crippen LogP contribution in [0.3, 0.4) is 0 Å². The summed E-state index contributed by atoms with van der Waals surface area (Å²) in [5.41, 5.74) is 1.15. The van der Waals surface area contributed by atoms with Crippen LogP contribution in [0.25, 0.3) is 0 Å². The first kappa shape index (κ1) is 18.5. The van der Waals surface area contributed by atoms with E-state index < -0.39 is 4.92 Å². The highest BCUT2D eigenvalue weighted by molar-refractivity contribution is 7.80. The van der Waals surface area contributed by atoms with Gasteiger partial charge < -0.3 is 10.6 Å². The number of rotatable bonds is 7. The molecule has 27 heavy (non-hydrogen) atoms. The lowest BCUT2D eigenvalue weighted by atomic mass is 10.2. The van der Waals surface area contributed by atoms with Gasteiger partial charge in [-0.1, -0.05) is 18.2 Å². The number of benzene rings is 1. The third-order valence-electron chi connectivity index (χ3n) is 3.64. The minimum Gasteiger partial charge on any atom is -0.361 e. The van der Waals surface area contributed by atoms with E-state index in [2.05, 4.69) is 20.8 Å². The van der Waals surface area contributed by atoms with Gasteiger partial charge in [-0.25, -0.2) is 4.39 Å². The molecule has 3 aromatic rings. The van der Waals surface area contributed by atoms with Crippen LogP contribution in [0.15, 0.2) is 49.1 Å². The maximum Gasteiger partial charge on any atom is 0.306 e. The molecule has 11 heteroatoms. The Morgan fingerprint density at radius 3 is 2.74 bits per heavy atom. The zero-order chi connectivity index (χ0) is 19.2. The molecule has 2 heterocycles. The predicted molar refractivity (Wildman–Crippen MR) is 101 cm³/mol. The van der Waals surface area contributed by atoms with Gasteiger partial charge in [0, 0.05) is 18.3 Å². The molecule has 2 aromatic heterocycles. The highest BCUT2D eigenvalue weighted by Crippen LogP contribution is 2.11. The first-order chi connectivity index (χ1) is 13.0. The van der Waals surface area contributed by atoms with Gasteiger partial charge in [-0.2, -0.15) is 10.2 Å². The molecule has 0 saturated heterocycles. The van der Waals surface area contributed by atoms with E-state index in [0.29, 0.717) is 36.0 Å². The second-order valence-corrected chi connectivity index (χ2v) is 6.03. The molecule has 1 aromatic carbocycles. The molecule has 0 unspecified atom stereocenters.